The molecule has 2 rings (SSSR count). The van der Waals surface area contributed by atoms with E-state index in [0.29, 0.717) is 0 Å². The van der Waals surface area contributed by atoms with Gasteiger partial charge >= 0.3 is 0 Å². The van der Waals surface area contributed by atoms with E-state index in [1.54, 1.807) is 0 Å². The molecule has 0 aliphatic heterocycles. The molecule has 2 N–H and O–H groups in total. The molecule has 0 aliphatic rings. The minimum absolute atomic E-state index is 0.829. The number of rotatable bonds is 1. The fourth-order valence-corrected chi connectivity index (χ4v) is 2.81. The summed E-state index contributed by atoms with van der Waals surface area (Å²) >= 11 is 0. The lowest BCUT2D eigenvalue weighted by Crippen LogP contribution is -2.01. The SMILES string of the molecule is Cc1ccc(N)cc1-c1c(C)c(C)c(C)c(C)c1C. The minimum atomic E-state index is 0.829. The van der Waals surface area contributed by atoms with Crippen LogP contribution in [0.2, 0.25) is 0 Å². The predicted molar refractivity (Wildman–Crippen MR) is 84.7 cm³/mol. The third kappa shape index (κ3) is 2.14. The zero-order chi connectivity index (χ0) is 14.3. The summed E-state index contributed by atoms with van der Waals surface area (Å²) in [5, 5.41) is 0. The van der Waals surface area contributed by atoms with Gasteiger partial charge in [-0.15, -0.1) is 0 Å². The summed E-state index contributed by atoms with van der Waals surface area (Å²) in [6.45, 7) is 13.2. The van der Waals surface area contributed by atoms with Gasteiger partial charge in [0.15, 0.2) is 0 Å². The molecule has 0 radical (unpaired) electrons. The molecule has 100 valence electrons. The van der Waals surface area contributed by atoms with Crippen molar-refractivity contribution >= 4 is 5.69 Å². The molecular weight excluding hydrogens is 230 g/mol. The molecule has 2 aromatic rings. The van der Waals surface area contributed by atoms with Gasteiger partial charge in [-0.2, -0.15) is 0 Å². The molecule has 0 amide bonds. The van der Waals surface area contributed by atoms with Crippen LogP contribution in [0.1, 0.15) is 33.4 Å². The molecule has 0 heterocycles. The third-order valence-electron chi connectivity index (χ3n) is 4.53. The maximum absolute atomic E-state index is 5.97. The molecule has 1 heteroatoms. The largest absolute Gasteiger partial charge is 0.399 e. The van der Waals surface area contributed by atoms with E-state index >= 15 is 0 Å². The molecule has 0 unspecified atom stereocenters. The molecule has 0 atom stereocenters. The Morgan fingerprint density at radius 2 is 1.16 bits per heavy atom. The van der Waals surface area contributed by atoms with Crippen molar-refractivity contribution in [2.75, 3.05) is 5.73 Å². The molecule has 0 spiro atoms. The normalized spacial score (nSPS) is 10.8. The molecule has 0 aromatic heterocycles. The van der Waals surface area contributed by atoms with Crippen LogP contribution in [0.25, 0.3) is 11.1 Å². The first kappa shape index (κ1) is 13.7. The van der Waals surface area contributed by atoms with Crippen LogP contribution < -0.4 is 5.73 Å². The summed E-state index contributed by atoms with van der Waals surface area (Å²) < 4.78 is 0. The van der Waals surface area contributed by atoms with Gasteiger partial charge in [-0.25, -0.2) is 0 Å². The molecule has 0 saturated carbocycles. The van der Waals surface area contributed by atoms with E-state index in [9.17, 15) is 0 Å². The Morgan fingerprint density at radius 3 is 1.68 bits per heavy atom. The van der Waals surface area contributed by atoms with E-state index in [0.717, 1.165) is 5.69 Å². The van der Waals surface area contributed by atoms with Crippen molar-refractivity contribution in [1.82, 2.24) is 0 Å². The van der Waals surface area contributed by atoms with E-state index in [1.165, 1.54) is 44.5 Å². The van der Waals surface area contributed by atoms with Crippen LogP contribution in [0.3, 0.4) is 0 Å². The van der Waals surface area contributed by atoms with Crippen LogP contribution in [0.5, 0.6) is 0 Å². The Hall–Kier alpha value is -1.76. The minimum Gasteiger partial charge on any atom is -0.399 e. The molecule has 0 fully saturated rings. The van der Waals surface area contributed by atoms with Crippen molar-refractivity contribution in [2.45, 2.75) is 41.5 Å². The highest BCUT2D eigenvalue weighted by molar-refractivity contribution is 5.78. The Labute approximate surface area is 116 Å². The quantitative estimate of drug-likeness (QED) is 0.727. The first-order chi connectivity index (χ1) is 8.84. The summed E-state index contributed by atoms with van der Waals surface area (Å²) in [6.07, 6.45) is 0. The Kier molecular flexibility index (Phi) is 3.40. The summed E-state index contributed by atoms with van der Waals surface area (Å²) in [7, 11) is 0. The third-order valence-corrected chi connectivity index (χ3v) is 4.53. The van der Waals surface area contributed by atoms with Crippen molar-refractivity contribution in [2.24, 2.45) is 0 Å². The topological polar surface area (TPSA) is 26.0 Å². The van der Waals surface area contributed by atoms with Gasteiger partial charge in [0.2, 0.25) is 0 Å². The van der Waals surface area contributed by atoms with Crippen molar-refractivity contribution in [3.05, 3.63) is 51.6 Å². The zero-order valence-electron chi connectivity index (χ0n) is 12.8. The molecule has 0 bridgehead atoms. The van der Waals surface area contributed by atoms with Crippen LogP contribution in [0, 0.1) is 41.5 Å². The molecule has 0 aliphatic carbocycles. The Bertz CT molecular complexity index is 622. The highest BCUT2D eigenvalue weighted by Gasteiger charge is 2.15. The van der Waals surface area contributed by atoms with Crippen LogP contribution in [0.4, 0.5) is 5.69 Å². The first-order valence-electron chi connectivity index (χ1n) is 6.78. The highest BCUT2D eigenvalue weighted by atomic mass is 14.5. The zero-order valence-corrected chi connectivity index (χ0v) is 12.8. The van der Waals surface area contributed by atoms with Gasteiger partial charge in [0.05, 0.1) is 0 Å². The number of aryl methyl sites for hydroxylation is 1. The van der Waals surface area contributed by atoms with Gasteiger partial charge in [0.25, 0.3) is 0 Å². The second-order valence-electron chi connectivity index (χ2n) is 5.57. The number of benzene rings is 2. The van der Waals surface area contributed by atoms with Crippen molar-refractivity contribution in [3.63, 3.8) is 0 Å². The predicted octanol–water partition coefficient (Wildman–Crippen LogP) is 4.79. The molecule has 19 heavy (non-hydrogen) atoms. The molecule has 0 saturated heterocycles. The Morgan fingerprint density at radius 1 is 0.684 bits per heavy atom. The van der Waals surface area contributed by atoms with E-state index in [2.05, 4.69) is 53.7 Å². The van der Waals surface area contributed by atoms with E-state index in [-0.39, 0.29) is 0 Å². The van der Waals surface area contributed by atoms with Crippen molar-refractivity contribution in [3.8, 4) is 11.1 Å². The van der Waals surface area contributed by atoms with E-state index in [1.807, 2.05) is 6.07 Å². The number of nitrogens with two attached hydrogens (primary N) is 1. The smallest absolute Gasteiger partial charge is 0.0320 e. The maximum atomic E-state index is 5.97. The summed E-state index contributed by atoms with van der Waals surface area (Å²) in [5.41, 5.74) is 17.6. The second kappa shape index (κ2) is 4.73. The standard InChI is InChI=1S/C18H23N/c1-10-7-8-16(19)9-17(10)18-14(5)12(3)11(2)13(4)15(18)6/h7-9H,19H2,1-6H3. The fraction of sp³-hybridized carbons (Fsp3) is 0.333. The van der Waals surface area contributed by atoms with Gasteiger partial charge in [-0.1, -0.05) is 6.07 Å². The molecule has 1 nitrogen and oxygen atoms in total. The number of hydrogen-bond donors (Lipinski definition) is 1. The lowest BCUT2D eigenvalue weighted by Gasteiger charge is -2.20. The monoisotopic (exact) mass is 253 g/mol. The molecule has 2 aromatic carbocycles. The van der Waals surface area contributed by atoms with Crippen molar-refractivity contribution < 1.29 is 0 Å². The van der Waals surface area contributed by atoms with Crippen LogP contribution in [-0.4, -0.2) is 0 Å². The number of nitrogen functional groups attached to an aromatic ring is 1. The van der Waals surface area contributed by atoms with Gasteiger partial charge < -0.3 is 5.73 Å². The number of hydrogen-bond acceptors (Lipinski definition) is 1. The summed E-state index contributed by atoms with van der Waals surface area (Å²) in [4.78, 5) is 0. The maximum Gasteiger partial charge on any atom is 0.0320 e. The van der Waals surface area contributed by atoms with Gasteiger partial charge in [-0.05, 0) is 98.2 Å². The van der Waals surface area contributed by atoms with Gasteiger partial charge in [0.1, 0.15) is 0 Å². The van der Waals surface area contributed by atoms with E-state index in [4.69, 9.17) is 5.73 Å². The van der Waals surface area contributed by atoms with Crippen LogP contribution in [0.15, 0.2) is 18.2 Å². The van der Waals surface area contributed by atoms with E-state index < -0.39 is 0 Å². The Balaban J connectivity index is 2.87. The van der Waals surface area contributed by atoms with Crippen molar-refractivity contribution in [1.29, 1.82) is 0 Å². The molecular formula is C18H23N. The first-order valence-corrected chi connectivity index (χ1v) is 6.78. The van der Waals surface area contributed by atoms with Gasteiger partial charge in [0, 0.05) is 5.69 Å². The summed E-state index contributed by atoms with van der Waals surface area (Å²) in [5.74, 6) is 0. The summed E-state index contributed by atoms with van der Waals surface area (Å²) in [6, 6.07) is 6.17. The van der Waals surface area contributed by atoms with Crippen LogP contribution >= 0.6 is 0 Å². The van der Waals surface area contributed by atoms with Crippen LogP contribution in [-0.2, 0) is 0 Å². The second-order valence-corrected chi connectivity index (χ2v) is 5.57. The average Bonchev–Trinajstić information content (AvgIpc) is 2.38. The lowest BCUT2D eigenvalue weighted by molar-refractivity contribution is 1.17. The highest BCUT2D eigenvalue weighted by Crippen LogP contribution is 2.36. The van der Waals surface area contributed by atoms with Gasteiger partial charge in [-0.3, -0.25) is 0 Å². The number of anilines is 1. The fourth-order valence-electron chi connectivity index (χ4n) is 2.81. The lowest BCUT2D eigenvalue weighted by atomic mass is 9.85. The average molecular weight is 253 g/mol.